The van der Waals surface area contributed by atoms with Gasteiger partial charge in [-0.3, -0.25) is 19.3 Å². The maximum atomic E-state index is 12.8. The van der Waals surface area contributed by atoms with Crippen LogP contribution in [0.5, 0.6) is 5.75 Å². The number of carbonyl (C=O) groups is 4. The Kier molecular flexibility index (Phi) is 4.75. The van der Waals surface area contributed by atoms with Crippen LogP contribution in [0.15, 0.2) is 48.5 Å². The standard InChI is InChI=1S/C21H19N3O5/c1-2-23-15-10-14(8-9-17(15)29-12-18(23)26)16(25)11-24-20(27)19(22-21(24)28)13-6-4-3-5-7-13/h3-10,19H,2,11-12H2,1H3,(H,22,28). The van der Waals surface area contributed by atoms with E-state index < -0.39 is 23.8 Å². The first-order valence-electron chi connectivity index (χ1n) is 9.27. The van der Waals surface area contributed by atoms with Crippen molar-refractivity contribution in [2.24, 2.45) is 0 Å². The van der Waals surface area contributed by atoms with Crippen LogP contribution in [-0.2, 0) is 9.59 Å². The molecule has 0 saturated carbocycles. The van der Waals surface area contributed by atoms with Crippen molar-refractivity contribution in [3.8, 4) is 5.75 Å². The summed E-state index contributed by atoms with van der Waals surface area (Å²) >= 11 is 0. The lowest BCUT2D eigenvalue weighted by Gasteiger charge is -2.28. The van der Waals surface area contributed by atoms with Crippen molar-refractivity contribution >= 4 is 29.3 Å². The summed E-state index contributed by atoms with van der Waals surface area (Å²) in [6.07, 6.45) is 0. The molecule has 2 aliphatic heterocycles. The monoisotopic (exact) mass is 393 g/mol. The van der Waals surface area contributed by atoms with Gasteiger partial charge in [0.25, 0.3) is 11.8 Å². The number of benzene rings is 2. The van der Waals surface area contributed by atoms with E-state index in [-0.39, 0.29) is 19.1 Å². The van der Waals surface area contributed by atoms with Gasteiger partial charge in [-0.05, 0) is 30.7 Å². The molecule has 1 saturated heterocycles. The number of fused-ring (bicyclic) bond motifs is 1. The maximum absolute atomic E-state index is 12.8. The molecule has 2 heterocycles. The molecule has 1 fully saturated rings. The van der Waals surface area contributed by atoms with Crippen LogP contribution in [0.2, 0.25) is 0 Å². The summed E-state index contributed by atoms with van der Waals surface area (Å²) in [5.41, 5.74) is 1.46. The van der Waals surface area contributed by atoms with Gasteiger partial charge in [0, 0.05) is 12.1 Å². The second kappa shape index (κ2) is 7.38. The van der Waals surface area contributed by atoms with E-state index in [1.165, 1.54) is 4.90 Å². The summed E-state index contributed by atoms with van der Waals surface area (Å²) in [4.78, 5) is 52.2. The van der Waals surface area contributed by atoms with Gasteiger partial charge in [-0.15, -0.1) is 0 Å². The molecule has 1 N–H and O–H groups in total. The fraction of sp³-hybridized carbons (Fsp3) is 0.238. The lowest BCUT2D eigenvalue weighted by molar-refractivity contribution is -0.127. The molecule has 2 aromatic carbocycles. The van der Waals surface area contributed by atoms with E-state index in [0.717, 1.165) is 4.90 Å². The van der Waals surface area contributed by atoms with Crippen molar-refractivity contribution in [2.75, 3.05) is 24.6 Å². The largest absolute Gasteiger partial charge is 0.482 e. The highest BCUT2D eigenvalue weighted by atomic mass is 16.5. The van der Waals surface area contributed by atoms with Crippen LogP contribution in [0.3, 0.4) is 0 Å². The fourth-order valence-electron chi connectivity index (χ4n) is 3.50. The zero-order chi connectivity index (χ0) is 20.5. The predicted molar refractivity (Wildman–Crippen MR) is 104 cm³/mol. The number of amides is 4. The van der Waals surface area contributed by atoms with Crippen LogP contribution in [0.25, 0.3) is 0 Å². The summed E-state index contributed by atoms with van der Waals surface area (Å²) in [6, 6.07) is 12.2. The Bertz CT molecular complexity index is 1000. The van der Waals surface area contributed by atoms with Crippen LogP contribution in [-0.4, -0.2) is 48.2 Å². The minimum absolute atomic E-state index is 0.0442. The minimum Gasteiger partial charge on any atom is -0.482 e. The number of imide groups is 1. The second-order valence-corrected chi connectivity index (χ2v) is 6.75. The highest BCUT2D eigenvalue weighted by molar-refractivity contribution is 6.10. The molecule has 0 spiro atoms. The van der Waals surface area contributed by atoms with Crippen molar-refractivity contribution in [1.29, 1.82) is 0 Å². The topological polar surface area (TPSA) is 96.0 Å². The molecule has 0 bridgehead atoms. The molecule has 29 heavy (non-hydrogen) atoms. The number of Topliss-reactive ketones (excluding diaryl/α,β-unsaturated/α-hetero) is 1. The third kappa shape index (κ3) is 3.33. The van der Waals surface area contributed by atoms with Gasteiger partial charge in [0.1, 0.15) is 11.8 Å². The molecular formula is C21H19N3O5. The van der Waals surface area contributed by atoms with Gasteiger partial charge in [0.15, 0.2) is 12.4 Å². The number of nitrogens with zero attached hydrogens (tertiary/aromatic N) is 2. The number of hydrogen-bond donors (Lipinski definition) is 1. The summed E-state index contributed by atoms with van der Waals surface area (Å²) in [6.45, 7) is 1.85. The Labute approximate surface area is 167 Å². The van der Waals surface area contributed by atoms with Crippen LogP contribution in [0, 0.1) is 0 Å². The Hall–Kier alpha value is -3.68. The lowest BCUT2D eigenvalue weighted by atomic mass is 10.1. The van der Waals surface area contributed by atoms with E-state index in [4.69, 9.17) is 4.74 Å². The van der Waals surface area contributed by atoms with Crippen LogP contribution in [0.4, 0.5) is 10.5 Å². The highest BCUT2D eigenvalue weighted by Crippen LogP contribution is 2.33. The van der Waals surface area contributed by atoms with Crippen molar-refractivity contribution < 1.29 is 23.9 Å². The number of urea groups is 1. The Morgan fingerprint density at radius 2 is 1.86 bits per heavy atom. The lowest BCUT2D eigenvalue weighted by Crippen LogP contribution is -2.39. The van der Waals surface area contributed by atoms with Crippen molar-refractivity contribution in [1.82, 2.24) is 10.2 Å². The normalized spacial score (nSPS) is 18.4. The number of rotatable bonds is 5. The molecule has 4 rings (SSSR count). The molecular weight excluding hydrogens is 374 g/mol. The average molecular weight is 393 g/mol. The number of likely N-dealkylation sites (N-methyl/N-ethyl adjacent to an activating group) is 1. The smallest absolute Gasteiger partial charge is 0.325 e. The molecule has 2 aliphatic rings. The molecule has 0 aromatic heterocycles. The first kappa shape index (κ1) is 18.7. The van der Waals surface area contributed by atoms with Gasteiger partial charge >= 0.3 is 6.03 Å². The summed E-state index contributed by atoms with van der Waals surface area (Å²) in [5, 5.41) is 2.61. The zero-order valence-corrected chi connectivity index (χ0v) is 15.8. The molecule has 0 radical (unpaired) electrons. The molecule has 8 heteroatoms. The van der Waals surface area contributed by atoms with E-state index >= 15 is 0 Å². The SMILES string of the molecule is CCN1C(=O)COc2ccc(C(=O)CN3C(=O)NC(c4ccccc4)C3=O)cc21. The van der Waals surface area contributed by atoms with Gasteiger partial charge < -0.3 is 15.0 Å². The zero-order valence-electron chi connectivity index (χ0n) is 15.8. The molecule has 1 atom stereocenters. The molecule has 1 unspecified atom stereocenters. The van der Waals surface area contributed by atoms with E-state index in [9.17, 15) is 19.2 Å². The van der Waals surface area contributed by atoms with E-state index in [0.29, 0.717) is 29.1 Å². The summed E-state index contributed by atoms with van der Waals surface area (Å²) in [7, 11) is 0. The van der Waals surface area contributed by atoms with Crippen LogP contribution in [0.1, 0.15) is 28.9 Å². The third-order valence-electron chi connectivity index (χ3n) is 5.00. The fourth-order valence-corrected chi connectivity index (χ4v) is 3.50. The number of ketones is 1. The van der Waals surface area contributed by atoms with Crippen molar-refractivity contribution in [2.45, 2.75) is 13.0 Å². The molecule has 0 aliphatic carbocycles. The number of ether oxygens (including phenoxy) is 1. The molecule has 4 amide bonds. The predicted octanol–water partition coefficient (Wildman–Crippen LogP) is 1.91. The summed E-state index contributed by atoms with van der Waals surface area (Å²) in [5.74, 6) is -0.549. The maximum Gasteiger partial charge on any atom is 0.325 e. The minimum atomic E-state index is -0.804. The first-order chi connectivity index (χ1) is 14.0. The van der Waals surface area contributed by atoms with Gasteiger partial charge in [-0.25, -0.2) is 4.79 Å². The van der Waals surface area contributed by atoms with E-state index in [1.54, 1.807) is 42.5 Å². The van der Waals surface area contributed by atoms with Crippen molar-refractivity contribution in [3.05, 3.63) is 59.7 Å². The first-order valence-corrected chi connectivity index (χ1v) is 9.27. The number of anilines is 1. The second-order valence-electron chi connectivity index (χ2n) is 6.75. The summed E-state index contributed by atoms with van der Waals surface area (Å²) < 4.78 is 5.40. The molecule has 148 valence electrons. The van der Waals surface area contributed by atoms with Gasteiger partial charge in [-0.2, -0.15) is 0 Å². The number of carbonyl (C=O) groups excluding carboxylic acids is 4. The molecule has 8 nitrogen and oxygen atoms in total. The van der Waals surface area contributed by atoms with Crippen LogP contribution >= 0.6 is 0 Å². The third-order valence-corrected chi connectivity index (χ3v) is 5.00. The van der Waals surface area contributed by atoms with Crippen LogP contribution < -0.4 is 15.0 Å². The average Bonchev–Trinajstić information content (AvgIpc) is 3.02. The van der Waals surface area contributed by atoms with E-state index in [2.05, 4.69) is 5.32 Å². The van der Waals surface area contributed by atoms with Gasteiger partial charge in [0.2, 0.25) is 0 Å². The Balaban J connectivity index is 1.54. The number of hydrogen-bond acceptors (Lipinski definition) is 5. The quantitative estimate of drug-likeness (QED) is 0.618. The Morgan fingerprint density at radius 3 is 2.59 bits per heavy atom. The highest BCUT2D eigenvalue weighted by Gasteiger charge is 2.40. The van der Waals surface area contributed by atoms with E-state index in [1.807, 2.05) is 13.0 Å². The number of nitrogens with one attached hydrogen (secondary N) is 1. The molecule has 2 aromatic rings. The van der Waals surface area contributed by atoms with Gasteiger partial charge in [-0.1, -0.05) is 30.3 Å². The van der Waals surface area contributed by atoms with Crippen molar-refractivity contribution in [3.63, 3.8) is 0 Å². The Morgan fingerprint density at radius 1 is 1.10 bits per heavy atom. The van der Waals surface area contributed by atoms with Gasteiger partial charge in [0.05, 0.1) is 12.2 Å².